The molecule has 0 fully saturated rings. The van der Waals surface area contributed by atoms with Gasteiger partial charge in [-0.25, -0.2) is 8.42 Å². The molecule has 31 heavy (non-hydrogen) atoms. The number of aromatic nitrogens is 2. The van der Waals surface area contributed by atoms with Gasteiger partial charge in [-0.1, -0.05) is 43.6 Å². The summed E-state index contributed by atoms with van der Waals surface area (Å²) in [7, 11) is -3.36. The summed E-state index contributed by atoms with van der Waals surface area (Å²) in [4.78, 5) is 13.4. The Bertz CT molecular complexity index is 1240. The van der Waals surface area contributed by atoms with Crippen molar-refractivity contribution in [2.75, 3.05) is 12.9 Å². The summed E-state index contributed by atoms with van der Waals surface area (Å²) in [5, 5.41) is 14.8. The standard InChI is InChI=1S/C22H23ClN2O5S/c1-14(2)20(26)13-30-21-19(15-7-9-18(10-8-15)31(3,28)29)12-24-25(22(21)27)17-6-4-5-16(23)11-17/h4-12,14,20,26H,13H2,1-3H3. The number of hydrogen-bond acceptors (Lipinski definition) is 6. The van der Waals surface area contributed by atoms with Crippen LogP contribution in [-0.2, 0) is 9.84 Å². The van der Waals surface area contributed by atoms with E-state index in [1.54, 1.807) is 36.4 Å². The number of hydrogen-bond donors (Lipinski definition) is 1. The molecule has 1 aromatic heterocycles. The van der Waals surface area contributed by atoms with E-state index in [-0.39, 0.29) is 23.2 Å². The monoisotopic (exact) mass is 462 g/mol. The molecule has 1 atom stereocenters. The first kappa shape index (κ1) is 23.0. The summed E-state index contributed by atoms with van der Waals surface area (Å²) in [6.45, 7) is 3.60. The van der Waals surface area contributed by atoms with Crippen LogP contribution in [0.3, 0.4) is 0 Å². The number of rotatable bonds is 7. The van der Waals surface area contributed by atoms with Crippen LogP contribution >= 0.6 is 11.6 Å². The van der Waals surface area contributed by atoms with Gasteiger partial charge in [-0.05, 0) is 41.8 Å². The minimum atomic E-state index is -3.36. The van der Waals surface area contributed by atoms with Crippen molar-refractivity contribution >= 4 is 21.4 Å². The van der Waals surface area contributed by atoms with Crippen LogP contribution in [0.25, 0.3) is 16.8 Å². The third-order valence-corrected chi connectivity index (χ3v) is 6.11. The van der Waals surface area contributed by atoms with Crippen molar-refractivity contribution in [3.63, 3.8) is 0 Å². The fourth-order valence-electron chi connectivity index (χ4n) is 2.82. The number of benzene rings is 2. The van der Waals surface area contributed by atoms with Crippen LogP contribution in [0.5, 0.6) is 5.75 Å². The molecule has 3 aromatic rings. The second-order valence-electron chi connectivity index (χ2n) is 7.50. The fraction of sp³-hybridized carbons (Fsp3) is 0.273. The van der Waals surface area contributed by atoms with Gasteiger partial charge >= 0.3 is 5.56 Å². The van der Waals surface area contributed by atoms with Gasteiger partial charge in [-0.2, -0.15) is 9.78 Å². The molecular formula is C22H23ClN2O5S. The van der Waals surface area contributed by atoms with Crippen molar-refractivity contribution < 1.29 is 18.3 Å². The molecule has 1 unspecified atom stereocenters. The second kappa shape index (κ2) is 9.21. The Morgan fingerprint density at radius 3 is 2.42 bits per heavy atom. The maximum absolute atomic E-state index is 13.2. The van der Waals surface area contributed by atoms with Gasteiger partial charge in [0.1, 0.15) is 6.61 Å². The summed E-state index contributed by atoms with van der Waals surface area (Å²) in [5.74, 6) is -0.0590. The van der Waals surface area contributed by atoms with Gasteiger partial charge in [0, 0.05) is 16.8 Å². The van der Waals surface area contributed by atoms with E-state index in [9.17, 15) is 18.3 Å². The molecule has 0 aliphatic heterocycles. The average molecular weight is 463 g/mol. The third-order valence-electron chi connectivity index (χ3n) is 4.75. The highest BCUT2D eigenvalue weighted by Gasteiger charge is 2.19. The number of halogens is 1. The molecule has 1 N–H and O–H groups in total. The minimum absolute atomic E-state index is 0.00165. The van der Waals surface area contributed by atoms with Crippen LogP contribution in [0.2, 0.25) is 5.02 Å². The second-order valence-corrected chi connectivity index (χ2v) is 9.96. The normalized spacial score (nSPS) is 12.7. The van der Waals surface area contributed by atoms with E-state index in [0.717, 1.165) is 10.9 Å². The quantitative estimate of drug-likeness (QED) is 0.578. The SMILES string of the molecule is CC(C)C(O)COc1c(-c2ccc(S(C)(=O)=O)cc2)cnn(-c2cccc(Cl)c2)c1=O. The topological polar surface area (TPSA) is 98.5 Å². The molecule has 0 saturated carbocycles. The zero-order chi connectivity index (χ0) is 22.8. The molecule has 9 heteroatoms. The van der Waals surface area contributed by atoms with Crippen LogP contribution in [0.1, 0.15) is 13.8 Å². The fourth-order valence-corrected chi connectivity index (χ4v) is 3.63. The molecule has 0 amide bonds. The Morgan fingerprint density at radius 2 is 1.84 bits per heavy atom. The molecule has 164 valence electrons. The highest BCUT2D eigenvalue weighted by molar-refractivity contribution is 7.90. The molecule has 0 bridgehead atoms. The molecule has 2 aromatic carbocycles. The summed E-state index contributed by atoms with van der Waals surface area (Å²) < 4.78 is 30.4. The first-order valence-electron chi connectivity index (χ1n) is 9.57. The molecule has 0 radical (unpaired) electrons. The van der Waals surface area contributed by atoms with E-state index in [4.69, 9.17) is 16.3 Å². The van der Waals surface area contributed by atoms with Crippen LogP contribution in [0, 0.1) is 5.92 Å². The van der Waals surface area contributed by atoms with Crippen molar-refractivity contribution in [2.24, 2.45) is 5.92 Å². The van der Waals surface area contributed by atoms with Crippen LogP contribution in [0.4, 0.5) is 0 Å². The lowest BCUT2D eigenvalue weighted by Gasteiger charge is -2.18. The van der Waals surface area contributed by atoms with Gasteiger partial charge in [-0.15, -0.1) is 0 Å². The maximum Gasteiger partial charge on any atom is 0.314 e. The molecule has 3 rings (SSSR count). The van der Waals surface area contributed by atoms with Gasteiger partial charge in [0.2, 0.25) is 0 Å². The summed E-state index contributed by atoms with van der Waals surface area (Å²) >= 11 is 6.05. The predicted octanol–water partition coefficient (Wildman–Crippen LogP) is 3.35. The average Bonchev–Trinajstić information content (AvgIpc) is 2.71. The zero-order valence-electron chi connectivity index (χ0n) is 17.3. The molecule has 0 spiro atoms. The number of sulfone groups is 1. The van der Waals surface area contributed by atoms with Crippen molar-refractivity contribution in [3.8, 4) is 22.6 Å². The largest absolute Gasteiger partial charge is 0.485 e. The minimum Gasteiger partial charge on any atom is -0.485 e. The smallest absolute Gasteiger partial charge is 0.314 e. The molecule has 0 saturated heterocycles. The summed E-state index contributed by atoms with van der Waals surface area (Å²) in [6.07, 6.45) is 1.82. The molecular weight excluding hydrogens is 440 g/mol. The number of nitrogens with zero attached hydrogens (tertiary/aromatic N) is 2. The van der Waals surface area contributed by atoms with E-state index < -0.39 is 21.5 Å². The van der Waals surface area contributed by atoms with Crippen LogP contribution in [0.15, 0.2) is 64.4 Å². The van der Waals surface area contributed by atoms with Gasteiger partial charge in [0.25, 0.3) is 0 Å². The number of ether oxygens (including phenoxy) is 1. The van der Waals surface area contributed by atoms with E-state index in [1.807, 2.05) is 13.8 Å². The summed E-state index contributed by atoms with van der Waals surface area (Å²) in [6, 6.07) is 12.8. The molecule has 1 heterocycles. The number of aliphatic hydroxyl groups excluding tert-OH is 1. The highest BCUT2D eigenvalue weighted by atomic mass is 35.5. The molecule has 0 aliphatic carbocycles. The van der Waals surface area contributed by atoms with E-state index in [2.05, 4.69) is 5.10 Å². The van der Waals surface area contributed by atoms with Gasteiger partial charge in [0.05, 0.1) is 22.9 Å². The van der Waals surface area contributed by atoms with E-state index >= 15 is 0 Å². The lowest BCUT2D eigenvalue weighted by atomic mass is 10.1. The highest BCUT2D eigenvalue weighted by Crippen LogP contribution is 2.28. The lowest BCUT2D eigenvalue weighted by Crippen LogP contribution is -2.28. The first-order chi connectivity index (χ1) is 14.6. The Kier molecular flexibility index (Phi) is 6.83. The molecule has 0 aliphatic rings. The first-order valence-corrected chi connectivity index (χ1v) is 11.8. The van der Waals surface area contributed by atoms with Crippen LogP contribution < -0.4 is 10.3 Å². The summed E-state index contributed by atoms with van der Waals surface area (Å²) in [5.41, 5.74) is 0.886. The Hall–Kier alpha value is -2.68. The van der Waals surface area contributed by atoms with Crippen molar-refractivity contribution in [2.45, 2.75) is 24.8 Å². The van der Waals surface area contributed by atoms with Crippen molar-refractivity contribution in [1.29, 1.82) is 0 Å². The number of aliphatic hydroxyl groups is 1. The lowest BCUT2D eigenvalue weighted by molar-refractivity contribution is 0.0695. The molecule has 7 nitrogen and oxygen atoms in total. The van der Waals surface area contributed by atoms with Gasteiger partial charge in [0.15, 0.2) is 15.6 Å². The van der Waals surface area contributed by atoms with Gasteiger partial charge in [-0.3, -0.25) is 4.79 Å². The Labute approximate surface area is 185 Å². The van der Waals surface area contributed by atoms with E-state index in [1.165, 1.54) is 18.3 Å². The van der Waals surface area contributed by atoms with Gasteiger partial charge < -0.3 is 9.84 Å². The third kappa shape index (κ3) is 5.33. The van der Waals surface area contributed by atoms with E-state index in [0.29, 0.717) is 21.8 Å². The van der Waals surface area contributed by atoms with Crippen LogP contribution in [-0.4, -0.2) is 42.3 Å². The zero-order valence-corrected chi connectivity index (χ0v) is 18.9. The Morgan fingerprint density at radius 1 is 1.16 bits per heavy atom. The Balaban J connectivity index is 2.11. The van der Waals surface area contributed by atoms with Crippen molar-refractivity contribution in [3.05, 3.63) is 70.1 Å². The predicted molar refractivity (Wildman–Crippen MR) is 120 cm³/mol. The maximum atomic E-state index is 13.2. The van der Waals surface area contributed by atoms with Crippen molar-refractivity contribution in [1.82, 2.24) is 9.78 Å².